The molecule has 1 aliphatic rings. The van der Waals surface area contributed by atoms with Gasteiger partial charge in [0.15, 0.2) is 0 Å². The number of ether oxygens (including phenoxy) is 1. The first-order valence-corrected chi connectivity index (χ1v) is 8.43. The maximum Gasteiger partial charge on any atom is 0.236 e. The van der Waals surface area contributed by atoms with E-state index in [4.69, 9.17) is 4.74 Å². The molecule has 1 aromatic carbocycles. The third-order valence-corrected chi connectivity index (χ3v) is 4.53. The minimum Gasteiger partial charge on any atom is -0.383 e. The predicted octanol–water partition coefficient (Wildman–Crippen LogP) is 1.44. The van der Waals surface area contributed by atoms with Crippen molar-refractivity contribution in [2.24, 2.45) is 0 Å². The quantitative estimate of drug-likeness (QED) is 0.754. The number of methoxy groups -OCH3 is 1. The molecule has 0 saturated carbocycles. The van der Waals surface area contributed by atoms with Crippen LogP contribution in [0.15, 0.2) is 24.3 Å². The molecule has 6 heteroatoms. The molecule has 1 saturated heterocycles. The molecule has 0 radical (unpaired) electrons. The molecule has 0 N–H and O–H groups in total. The van der Waals surface area contributed by atoms with Crippen LogP contribution in [0.4, 0.5) is 4.39 Å². The maximum atomic E-state index is 13.2. The number of hydrogen-bond donors (Lipinski definition) is 0. The van der Waals surface area contributed by atoms with E-state index < -0.39 is 0 Å². The Bertz CT molecular complexity index is 541. The van der Waals surface area contributed by atoms with Crippen molar-refractivity contribution in [3.8, 4) is 0 Å². The second kappa shape index (κ2) is 9.11. The van der Waals surface area contributed by atoms with Crippen LogP contribution in [-0.2, 0) is 16.1 Å². The van der Waals surface area contributed by atoms with Crippen LogP contribution in [0.3, 0.4) is 0 Å². The zero-order chi connectivity index (χ0) is 17.5. The standard InChI is InChI=1S/C18H28FN3O2/c1-15-12-21(7-8-22(15)9-10-24-3)14-18(23)20(2)13-16-5-4-6-17(19)11-16/h4-6,11,15H,7-10,12-14H2,1-3H3/t15-/m1/s1. The minimum absolute atomic E-state index is 0.0665. The lowest BCUT2D eigenvalue weighted by Crippen LogP contribution is -2.54. The van der Waals surface area contributed by atoms with Gasteiger partial charge in [-0.1, -0.05) is 12.1 Å². The van der Waals surface area contributed by atoms with Crippen LogP contribution in [0.5, 0.6) is 0 Å². The first-order valence-electron chi connectivity index (χ1n) is 8.43. The number of halogens is 1. The van der Waals surface area contributed by atoms with Gasteiger partial charge in [-0.2, -0.15) is 0 Å². The first-order chi connectivity index (χ1) is 11.5. The average Bonchev–Trinajstić information content (AvgIpc) is 2.54. The summed E-state index contributed by atoms with van der Waals surface area (Å²) in [5, 5.41) is 0. The van der Waals surface area contributed by atoms with Gasteiger partial charge in [-0.25, -0.2) is 4.39 Å². The summed E-state index contributed by atoms with van der Waals surface area (Å²) in [5.41, 5.74) is 0.809. The van der Waals surface area contributed by atoms with Gasteiger partial charge in [0.05, 0.1) is 13.2 Å². The molecule has 0 spiro atoms. The monoisotopic (exact) mass is 337 g/mol. The molecule has 0 bridgehead atoms. The summed E-state index contributed by atoms with van der Waals surface area (Å²) >= 11 is 0. The predicted molar refractivity (Wildman–Crippen MR) is 92.2 cm³/mol. The van der Waals surface area contributed by atoms with Crippen LogP contribution < -0.4 is 0 Å². The van der Waals surface area contributed by atoms with E-state index >= 15 is 0 Å². The Balaban J connectivity index is 1.79. The van der Waals surface area contributed by atoms with Gasteiger partial charge in [0.25, 0.3) is 0 Å². The molecule has 24 heavy (non-hydrogen) atoms. The number of amides is 1. The topological polar surface area (TPSA) is 36.0 Å². The Labute approximate surface area is 144 Å². The first kappa shape index (κ1) is 18.8. The van der Waals surface area contributed by atoms with Gasteiger partial charge in [0.1, 0.15) is 5.82 Å². The molecule has 1 aromatic rings. The van der Waals surface area contributed by atoms with Crippen molar-refractivity contribution < 1.29 is 13.9 Å². The zero-order valence-electron chi connectivity index (χ0n) is 14.9. The van der Waals surface area contributed by atoms with Crippen molar-refractivity contribution >= 4 is 5.91 Å². The molecule has 5 nitrogen and oxygen atoms in total. The lowest BCUT2D eigenvalue weighted by atomic mass is 10.2. The van der Waals surface area contributed by atoms with Crippen molar-refractivity contribution in [3.05, 3.63) is 35.6 Å². The number of hydrogen-bond acceptors (Lipinski definition) is 4. The fraction of sp³-hybridized carbons (Fsp3) is 0.611. The Morgan fingerprint density at radius 3 is 2.88 bits per heavy atom. The zero-order valence-corrected chi connectivity index (χ0v) is 14.9. The fourth-order valence-corrected chi connectivity index (χ4v) is 3.06. The lowest BCUT2D eigenvalue weighted by molar-refractivity contribution is -0.132. The Morgan fingerprint density at radius 1 is 1.42 bits per heavy atom. The van der Waals surface area contributed by atoms with E-state index in [-0.39, 0.29) is 11.7 Å². The number of likely N-dealkylation sites (N-methyl/N-ethyl adjacent to an activating group) is 1. The van der Waals surface area contributed by atoms with E-state index in [9.17, 15) is 9.18 Å². The highest BCUT2D eigenvalue weighted by Crippen LogP contribution is 2.11. The normalized spacial score (nSPS) is 19.4. The van der Waals surface area contributed by atoms with Crippen LogP contribution in [0.25, 0.3) is 0 Å². The van der Waals surface area contributed by atoms with Crippen molar-refractivity contribution in [1.29, 1.82) is 0 Å². The summed E-state index contributed by atoms with van der Waals surface area (Å²) < 4.78 is 18.4. The van der Waals surface area contributed by atoms with Crippen LogP contribution >= 0.6 is 0 Å². The van der Waals surface area contributed by atoms with E-state index in [2.05, 4.69) is 16.7 Å². The summed E-state index contributed by atoms with van der Waals surface area (Å²) in [5.74, 6) is -0.203. The van der Waals surface area contributed by atoms with Crippen molar-refractivity contribution in [3.63, 3.8) is 0 Å². The SMILES string of the molecule is COCCN1CCN(CC(=O)N(C)Cc2cccc(F)c2)C[C@H]1C. The number of piperazine rings is 1. The molecule has 0 aliphatic carbocycles. The summed E-state index contributed by atoms with van der Waals surface area (Å²) in [7, 11) is 3.49. The number of nitrogens with zero attached hydrogens (tertiary/aromatic N) is 3. The molecule has 0 unspecified atom stereocenters. The van der Waals surface area contributed by atoms with Crippen molar-refractivity contribution in [1.82, 2.24) is 14.7 Å². The highest BCUT2D eigenvalue weighted by Gasteiger charge is 2.25. The lowest BCUT2D eigenvalue weighted by Gasteiger charge is -2.39. The largest absolute Gasteiger partial charge is 0.383 e. The smallest absolute Gasteiger partial charge is 0.236 e. The maximum absolute atomic E-state index is 13.2. The van der Waals surface area contributed by atoms with E-state index in [1.54, 1.807) is 25.1 Å². The van der Waals surface area contributed by atoms with Gasteiger partial charge in [-0.15, -0.1) is 0 Å². The number of carbonyl (C=O) groups excluding carboxylic acids is 1. The number of carbonyl (C=O) groups is 1. The van der Waals surface area contributed by atoms with Crippen molar-refractivity contribution in [2.45, 2.75) is 19.5 Å². The number of benzene rings is 1. The Morgan fingerprint density at radius 2 is 2.21 bits per heavy atom. The summed E-state index contributed by atoms with van der Waals surface area (Å²) in [6, 6.07) is 6.80. The molecular formula is C18H28FN3O2. The van der Waals surface area contributed by atoms with Crippen LogP contribution in [-0.4, -0.2) is 80.1 Å². The third kappa shape index (κ3) is 5.54. The Hall–Kier alpha value is -1.50. The molecule has 134 valence electrons. The minimum atomic E-state index is -0.269. The molecule has 1 heterocycles. The van der Waals surface area contributed by atoms with Crippen LogP contribution in [0, 0.1) is 5.82 Å². The highest BCUT2D eigenvalue weighted by atomic mass is 19.1. The average molecular weight is 337 g/mol. The van der Waals surface area contributed by atoms with E-state index in [1.807, 2.05) is 6.07 Å². The second-order valence-electron chi connectivity index (χ2n) is 6.49. The van der Waals surface area contributed by atoms with Gasteiger partial charge < -0.3 is 9.64 Å². The summed E-state index contributed by atoms with van der Waals surface area (Å²) in [6.45, 7) is 7.40. The van der Waals surface area contributed by atoms with E-state index in [0.717, 1.165) is 38.3 Å². The fourth-order valence-electron chi connectivity index (χ4n) is 3.06. The second-order valence-corrected chi connectivity index (χ2v) is 6.49. The van der Waals surface area contributed by atoms with E-state index in [0.29, 0.717) is 19.1 Å². The molecule has 1 amide bonds. The van der Waals surface area contributed by atoms with Gasteiger partial charge in [-0.05, 0) is 24.6 Å². The molecular weight excluding hydrogens is 309 g/mol. The molecule has 2 rings (SSSR count). The van der Waals surface area contributed by atoms with Gasteiger partial charge in [-0.3, -0.25) is 14.6 Å². The molecule has 0 aromatic heterocycles. The Kier molecular flexibility index (Phi) is 7.15. The summed E-state index contributed by atoms with van der Waals surface area (Å²) in [6.07, 6.45) is 0. The molecule has 1 fully saturated rings. The number of rotatable bonds is 7. The van der Waals surface area contributed by atoms with Gasteiger partial charge >= 0.3 is 0 Å². The van der Waals surface area contributed by atoms with E-state index in [1.165, 1.54) is 12.1 Å². The van der Waals surface area contributed by atoms with Gasteiger partial charge in [0, 0.05) is 52.9 Å². The molecule has 1 aliphatic heterocycles. The third-order valence-electron chi connectivity index (χ3n) is 4.53. The highest BCUT2D eigenvalue weighted by molar-refractivity contribution is 5.78. The van der Waals surface area contributed by atoms with Crippen LogP contribution in [0.2, 0.25) is 0 Å². The molecule has 1 atom stereocenters. The van der Waals surface area contributed by atoms with Crippen molar-refractivity contribution in [2.75, 3.05) is 53.5 Å². The van der Waals surface area contributed by atoms with Crippen LogP contribution in [0.1, 0.15) is 12.5 Å². The van der Waals surface area contributed by atoms with Gasteiger partial charge in [0.2, 0.25) is 5.91 Å². The summed E-state index contributed by atoms with van der Waals surface area (Å²) in [4.78, 5) is 18.7.